The Labute approximate surface area is 154 Å². The van der Waals surface area contributed by atoms with Crippen LogP contribution in [0, 0.1) is 11.8 Å². The van der Waals surface area contributed by atoms with Crippen molar-refractivity contribution in [1.82, 2.24) is 0 Å². The number of carbonyl (C=O) groups is 1. The maximum atomic E-state index is 10.3. The SMILES string of the molecule is CC(C=CCC(C)CCCC(C)C)=CC(=O)[O-].[K+]. The normalized spacial score (nSPS) is 13.7. The van der Waals surface area contributed by atoms with Gasteiger partial charge in [0.15, 0.2) is 0 Å². The number of aliphatic carboxylic acids is 1. The van der Waals surface area contributed by atoms with Crippen molar-refractivity contribution in [2.24, 2.45) is 11.8 Å². The Kier molecular flexibility index (Phi) is 14.6. The number of carboxylic acids is 1. The minimum absolute atomic E-state index is 0. The number of carboxylic acid groups (broad SMARTS) is 1. The maximum absolute atomic E-state index is 10.3. The third-order valence-electron chi connectivity index (χ3n) is 2.74. The maximum Gasteiger partial charge on any atom is 1.00 e. The quantitative estimate of drug-likeness (QED) is 0.358. The minimum atomic E-state index is -1.13. The van der Waals surface area contributed by atoms with Gasteiger partial charge in [-0.05, 0) is 36.8 Å². The van der Waals surface area contributed by atoms with Crippen LogP contribution in [0.1, 0.15) is 53.4 Å². The Balaban J connectivity index is 0. The Morgan fingerprint density at radius 3 is 2.33 bits per heavy atom. The molecule has 0 fully saturated rings. The van der Waals surface area contributed by atoms with E-state index in [1.807, 2.05) is 6.08 Å². The van der Waals surface area contributed by atoms with Crippen LogP contribution in [-0.2, 0) is 4.79 Å². The molecular weight excluding hydrogens is 251 g/mol. The van der Waals surface area contributed by atoms with Gasteiger partial charge in [0.2, 0.25) is 0 Å². The van der Waals surface area contributed by atoms with E-state index in [0.717, 1.165) is 24.0 Å². The van der Waals surface area contributed by atoms with E-state index in [2.05, 4.69) is 26.8 Å². The summed E-state index contributed by atoms with van der Waals surface area (Å²) in [5.41, 5.74) is 0.736. The number of rotatable bonds is 8. The standard InChI is InChI=1S/C15H26O2.K/c1-12(2)7-5-8-13(3)9-6-10-14(4)11-15(16)17;/h6,10-13H,5,7-9H2,1-4H3,(H,16,17);/q;+1/p-1. The molecule has 0 saturated carbocycles. The summed E-state index contributed by atoms with van der Waals surface area (Å²) in [6, 6.07) is 0. The number of allylic oxidation sites excluding steroid dienone is 3. The van der Waals surface area contributed by atoms with E-state index in [9.17, 15) is 9.90 Å². The molecule has 0 amide bonds. The molecule has 98 valence electrons. The summed E-state index contributed by atoms with van der Waals surface area (Å²) in [6.45, 7) is 8.51. The molecule has 2 nitrogen and oxygen atoms in total. The smallest absolute Gasteiger partial charge is 0.545 e. The fourth-order valence-corrected chi connectivity index (χ4v) is 1.71. The Bertz CT molecular complexity index is 280. The van der Waals surface area contributed by atoms with Crippen LogP contribution in [0.5, 0.6) is 0 Å². The molecule has 0 heterocycles. The zero-order valence-corrected chi connectivity index (χ0v) is 15.7. The van der Waals surface area contributed by atoms with Crippen LogP contribution in [0.3, 0.4) is 0 Å². The van der Waals surface area contributed by atoms with E-state index in [0.29, 0.717) is 5.92 Å². The average molecular weight is 276 g/mol. The van der Waals surface area contributed by atoms with Crippen LogP contribution >= 0.6 is 0 Å². The predicted molar refractivity (Wildman–Crippen MR) is 70.4 cm³/mol. The van der Waals surface area contributed by atoms with Crippen LogP contribution in [0.15, 0.2) is 23.8 Å². The van der Waals surface area contributed by atoms with E-state index >= 15 is 0 Å². The second-order valence-electron chi connectivity index (χ2n) is 5.28. The topological polar surface area (TPSA) is 40.1 Å². The predicted octanol–water partition coefficient (Wildman–Crippen LogP) is 0.0953. The summed E-state index contributed by atoms with van der Waals surface area (Å²) in [6.07, 6.45) is 9.85. The summed E-state index contributed by atoms with van der Waals surface area (Å²) < 4.78 is 0. The van der Waals surface area contributed by atoms with Gasteiger partial charge in [-0.3, -0.25) is 0 Å². The van der Waals surface area contributed by atoms with Crippen molar-refractivity contribution < 1.29 is 61.3 Å². The molecule has 0 radical (unpaired) electrons. The fraction of sp³-hybridized carbons (Fsp3) is 0.667. The van der Waals surface area contributed by atoms with Crippen molar-refractivity contribution in [3.63, 3.8) is 0 Å². The van der Waals surface area contributed by atoms with Gasteiger partial charge in [-0.2, -0.15) is 0 Å². The molecule has 0 rings (SSSR count). The monoisotopic (exact) mass is 276 g/mol. The molecule has 0 aliphatic heterocycles. The molecule has 0 aliphatic rings. The van der Waals surface area contributed by atoms with Gasteiger partial charge in [0, 0.05) is 0 Å². The van der Waals surface area contributed by atoms with Gasteiger partial charge < -0.3 is 9.90 Å². The molecule has 0 aromatic carbocycles. The zero-order valence-electron chi connectivity index (χ0n) is 12.5. The molecule has 1 atom stereocenters. The molecule has 0 spiro atoms. The Hall–Kier alpha value is 0.586. The fourth-order valence-electron chi connectivity index (χ4n) is 1.71. The summed E-state index contributed by atoms with van der Waals surface area (Å²) in [7, 11) is 0. The van der Waals surface area contributed by atoms with Crippen molar-refractivity contribution in [2.45, 2.75) is 53.4 Å². The molecule has 0 N–H and O–H groups in total. The minimum Gasteiger partial charge on any atom is -0.545 e. The molecule has 0 aliphatic carbocycles. The molecule has 0 bridgehead atoms. The first-order chi connectivity index (χ1) is 7.91. The Morgan fingerprint density at radius 1 is 1.22 bits per heavy atom. The van der Waals surface area contributed by atoms with Crippen LogP contribution < -0.4 is 56.5 Å². The van der Waals surface area contributed by atoms with Crippen LogP contribution in [0.2, 0.25) is 0 Å². The molecular formula is C15H25KO2. The van der Waals surface area contributed by atoms with E-state index in [1.165, 1.54) is 19.3 Å². The first-order valence-electron chi connectivity index (χ1n) is 6.47. The number of hydrogen-bond donors (Lipinski definition) is 0. The first-order valence-corrected chi connectivity index (χ1v) is 6.47. The summed E-state index contributed by atoms with van der Waals surface area (Å²) in [4.78, 5) is 10.3. The van der Waals surface area contributed by atoms with Gasteiger partial charge in [-0.25, -0.2) is 0 Å². The molecule has 1 unspecified atom stereocenters. The number of hydrogen-bond acceptors (Lipinski definition) is 2. The van der Waals surface area contributed by atoms with Crippen LogP contribution in [-0.4, -0.2) is 5.97 Å². The van der Waals surface area contributed by atoms with Gasteiger partial charge in [0.25, 0.3) is 0 Å². The molecule has 0 aromatic rings. The molecule has 0 saturated heterocycles. The van der Waals surface area contributed by atoms with Crippen LogP contribution in [0.4, 0.5) is 0 Å². The van der Waals surface area contributed by atoms with E-state index in [1.54, 1.807) is 6.92 Å². The Morgan fingerprint density at radius 2 is 1.83 bits per heavy atom. The zero-order chi connectivity index (χ0) is 13.3. The van der Waals surface area contributed by atoms with E-state index in [-0.39, 0.29) is 51.4 Å². The van der Waals surface area contributed by atoms with Crippen molar-refractivity contribution in [2.75, 3.05) is 0 Å². The largest absolute Gasteiger partial charge is 1.00 e. The van der Waals surface area contributed by atoms with Crippen molar-refractivity contribution in [3.05, 3.63) is 23.8 Å². The number of carbonyl (C=O) groups excluding carboxylic acids is 1. The van der Waals surface area contributed by atoms with Gasteiger partial charge in [0.1, 0.15) is 0 Å². The summed E-state index contributed by atoms with van der Waals surface area (Å²) >= 11 is 0. The summed E-state index contributed by atoms with van der Waals surface area (Å²) in [5, 5.41) is 10.3. The van der Waals surface area contributed by atoms with Gasteiger partial charge in [-0.1, -0.05) is 52.2 Å². The van der Waals surface area contributed by atoms with Crippen LogP contribution in [0.25, 0.3) is 0 Å². The second-order valence-corrected chi connectivity index (χ2v) is 5.28. The third kappa shape index (κ3) is 14.6. The van der Waals surface area contributed by atoms with Crippen molar-refractivity contribution in [3.8, 4) is 0 Å². The van der Waals surface area contributed by atoms with Crippen molar-refractivity contribution in [1.29, 1.82) is 0 Å². The molecule has 18 heavy (non-hydrogen) atoms. The van der Waals surface area contributed by atoms with Gasteiger partial charge in [0.05, 0.1) is 5.97 Å². The van der Waals surface area contributed by atoms with E-state index < -0.39 is 5.97 Å². The van der Waals surface area contributed by atoms with E-state index in [4.69, 9.17) is 0 Å². The summed E-state index contributed by atoms with van der Waals surface area (Å²) in [5.74, 6) is 0.323. The van der Waals surface area contributed by atoms with Gasteiger partial charge in [-0.15, -0.1) is 0 Å². The second kappa shape index (κ2) is 12.6. The average Bonchev–Trinajstić information content (AvgIpc) is 2.15. The first kappa shape index (κ1) is 20.9. The van der Waals surface area contributed by atoms with Gasteiger partial charge >= 0.3 is 51.4 Å². The van der Waals surface area contributed by atoms with Crippen molar-refractivity contribution >= 4 is 5.97 Å². The molecule has 0 aromatic heterocycles. The third-order valence-corrected chi connectivity index (χ3v) is 2.74. The molecule has 3 heteroatoms.